The summed E-state index contributed by atoms with van der Waals surface area (Å²) in [6.45, 7) is 4.07. The van der Waals surface area contributed by atoms with E-state index < -0.39 is 17.7 Å². The highest BCUT2D eigenvalue weighted by Crippen LogP contribution is 2.13. The van der Waals surface area contributed by atoms with Crippen LogP contribution in [-0.4, -0.2) is 35.5 Å². The zero-order valence-electron chi connectivity index (χ0n) is 10.7. The van der Waals surface area contributed by atoms with Gasteiger partial charge in [-0.2, -0.15) is 0 Å². The Morgan fingerprint density at radius 2 is 2.16 bits per heavy atom. The molecule has 0 aliphatic heterocycles. The number of unbranched alkanes of at least 4 members (excludes halogenated alkanes) is 1. The van der Waals surface area contributed by atoms with E-state index in [1.54, 1.807) is 13.1 Å². The molecular weight excluding hydrogens is 249 g/mol. The summed E-state index contributed by atoms with van der Waals surface area (Å²) in [5.41, 5.74) is -0.297. The molecule has 1 aromatic rings. The van der Waals surface area contributed by atoms with E-state index >= 15 is 0 Å². The van der Waals surface area contributed by atoms with Crippen LogP contribution in [0.5, 0.6) is 0 Å². The first-order valence-electron chi connectivity index (χ1n) is 5.86. The summed E-state index contributed by atoms with van der Waals surface area (Å²) in [5.74, 6) is -2.50. The third-order valence-corrected chi connectivity index (χ3v) is 2.69. The number of carboxylic acid groups (broad SMARTS) is 1. The Kier molecular flexibility index (Phi) is 5.23. The van der Waals surface area contributed by atoms with Gasteiger partial charge in [0.2, 0.25) is 0 Å². The maximum absolute atomic E-state index is 13.7. The van der Waals surface area contributed by atoms with E-state index in [1.165, 1.54) is 17.0 Å². The van der Waals surface area contributed by atoms with E-state index in [2.05, 4.69) is 6.58 Å². The third-order valence-electron chi connectivity index (χ3n) is 2.69. The van der Waals surface area contributed by atoms with Crippen LogP contribution in [0.2, 0.25) is 0 Å². The lowest BCUT2D eigenvalue weighted by Crippen LogP contribution is -2.28. The van der Waals surface area contributed by atoms with Crippen LogP contribution < -0.4 is 0 Å². The molecule has 0 saturated carbocycles. The molecule has 0 unspecified atom stereocenters. The second-order valence-corrected chi connectivity index (χ2v) is 4.16. The van der Waals surface area contributed by atoms with Crippen molar-refractivity contribution in [1.82, 2.24) is 4.90 Å². The first-order valence-corrected chi connectivity index (χ1v) is 5.86. The van der Waals surface area contributed by atoms with Crippen LogP contribution in [0.1, 0.15) is 33.6 Å². The van der Waals surface area contributed by atoms with Crippen molar-refractivity contribution in [2.45, 2.75) is 12.8 Å². The van der Waals surface area contributed by atoms with Gasteiger partial charge >= 0.3 is 5.97 Å². The van der Waals surface area contributed by atoms with Crippen LogP contribution in [0, 0.1) is 5.82 Å². The van der Waals surface area contributed by atoms with Gasteiger partial charge in [0, 0.05) is 13.6 Å². The Bertz CT molecular complexity index is 499. The molecule has 0 aromatic heterocycles. The molecule has 0 bridgehead atoms. The van der Waals surface area contributed by atoms with Gasteiger partial charge in [0.15, 0.2) is 0 Å². The predicted molar refractivity (Wildman–Crippen MR) is 69.8 cm³/mol. The molecule has 0 aliphatic rings. The molecule has 1 rings (SSSR count). The second-order valence-electron chi connectivity index (χ2n) is 4.16. The molecule has 19 heavy (non-hydrogen) atoms. The zero-order valence-corrected chi connectivity index (χ0v) is 10.7. The Morgan fingerprint density at radius 3 is 2.68 bits per heavy atom. The van der Waals surface area contributed by atoms with E-state index in [0.717, 1.165) is 18.9 Å². The van der Waals surface area contributed by atoms with Crippen molar-refractivity contribution < 1.29 is 19.1 Å². The molecule has 4 nitrogen and oxygen atoms in total. The topological polar surface area (TPSA) is 57.6 Å². The van der Waals surface area contributed by atoms with Gasteiger partial charge in [-0.3, -0.25) is 4.79 Å². The number of hydrogen-bond acceptors (Lipinski definition) is 2. The number of carbonyl (C=O) groups is 2. The zero-order chi connectivity index (χ0) is 14.4. The molecule has 0 heterocycles. The van der Waals surface area contributed by atoms with Gasteiger partial charge in [-0.1, -0.05) is 6.08 Å². The smallest absolute Gasteiger partial charge is 0.335 e. The standard InChI is InChI=1S/C14H16FNO3/c1-3-4-5-8-16(2)13(17)11-7-6-10(14(18)19)9-12(11)15/h3,6-7,9H,1,4-5,8H2,2H3,(H,18,19). The monoisotopic (exact) mass is 265 g/mol. The number of benzene rings is 1. The maximum atomic E-state index is 13.7. The normalized spacial score (nSPS) is 10.0. The average Bonchev–Trinajstić information content (AvgIpc) is 2.37. The Balaban J connectivity index is 2.82. The van der Waals surface area contributed by atoms with E-state index in [4.69, 9.17) is 5.11 Å². The van der Waals surface area contributed by atoms with E-state index in [9.17, 15) is 14.0 Å². The molecule has 5 heteroatoms. The summed E-state index contributed by atoms with van der Waals surface area (Å²) in [6.07, 6.45) is 3.28. The van der Waals surface area contributed by atoms with Gasteiger partial charge in [-0.25, -0.2) is 9.18 Å². The van der Waals surface area contributed by atoms with Crippen molar-refractivity contribution in [3.8, 4) is 0 Å². The lowest BCUT2D eigenvalue weighted by atomic mass is 10.1. The van der Waals surface area contributed by atoms with Crippen molar-refractivity contribution in [3.63, 3.8) is 0 Å². The van der Waals surface area contributed by atoms with E-state index in [-0.39, 0.29) is 11.1 Å². The molecule has 0 atom stereocenters. The van der Waals surface area contributed by atoms with E-state index in [0.29, 0.717) is 6.54 Å². The Morgan fingerprint density at radius 1 is 1.47 bits per heavy atom. The predicted octanol–water partition coefficient (Wildman–Crippen LogP) is 2.56. The fraction of sp³-hybridized carbons (Fsp3) is 0.286. The fourth-order valence-electron chi connectivity index (χ4n) is 1.60. The quantitative estimate of drug-likeness (QED) is 0.635. The summed E-state index contributed by atoms with van der Waals surface area (Å²) in [5, 5.41) is 8.72. The van der Waals surface area contributed by atoms with Crippen LogP contribution >= 0.6 is 0 Å². The maximum Gasteiger partial charge on any atom is 0.335 e. The summed E-state index contributed by atoms with van der Waals surface area (Å²) < 4.78 is 13.7. The van der Waals surface area contributed by atoms with E-state index in [1.807, 2.05) is 0 Å². The molecule has 0 aliphatic carbocycles. The fourth-order valence-corrected chi connectivity index (χ4v) is 1.60. The number of rotatable bonds is 6. The first kappa shape index (κ1) is 14.9. The highest BCUT2D eigenvalue weighted by Gasteiger charge is 2.17. The molecule has 1 N–H and O–H groups in total. The van der Waals surface area contributed by atoms with Gasteiger partial charge in [0.1, 0.15) is 5.82 Å². The van der Waals surface area contributed by atoms with Crippen LogP contribution in [0.4, 0.5) is 4.39 Å². The minimum absolute atomic E-state index is 0.119. The number of amides is 1. The number of carboxylic acids is 1. The van der Waals surface area contributed by atoms with Crippen LogP contribution in [0.15, 0.2) is 30.9 Å². The molecule has 1 aromatic carbocycles. The minimum Gasteiger partial charge on any atom is -0.478 e. The average molecular weight is 265 g/mol. The number of allylic oxidation sites excluding steroid dienone is 1. The number of nitrogens with zero attached hydrogens (tertiary/aromatic N) is 1. The molecule has 0 radical (unpaired) electrons. The van der Waals surface area contributed by atoms with Crippen molar-refractivity contribution in [2.24, 2.45) is 0 Å². The summed E-state index contributed by atoms with van der Waals surface area (Å²) >= 11 is 0. The van der Waals surface area contributed by atoms with Crippen molar-refractivity contribution in [3.05, 3.63) is 47.8 Å². The summed E-state index contributed by atoms with van der Waals surface area (Å²) in [6, 6.07) is 3.27. The molecule has 0 spiro atoms. The van der Waals surface area contributed by atoms with Crippen LogP contribution in [-0.2, 0) is 0 Å². The molecule has 0 fully saturated rings. The van der Waals surface area contributed by atoms with Gasteiger partial charge in [-0.05, 0) is 31.0 Å². The van der Waals surface area contributed by atoms with Crippen LogP contribution in [0.25, 0.3) is 0 Å². The third kappa shape index (κ3) is 3.91. The molecule has 102 valence electrons. The lowest BCUT2D eigenvalue weighted by molar-refractivity contribution is 0.0694. The second kappa shape index (κ2) is 6.68. The number of halogens is 1. The lowest BCUT2D eigenvalue weighted by Gasteiger charge is -2.17. The largest absolute Gasteiger partial charge is 0.478 e. The van der Waals surface area contributed by atoms with Gasteiger partial charge in [-0.15, -0.1) is 6.58 Å². The Labute approximate surface area is 111 Å². The number of aromatic carboxylic acids is 1. The summed E-state index contributed by atoms with van der Waals surface area (Å²) in [4.78, 5) is 24.0. The highest BCUT2D eigenvalue weighted by molar-refractivity contribution is 5.96. The van der Waals surface area contributed by atoms with Crippen molar-refractivity contribution in [2.75, 3.05) is 13.6 Å². The molecule has 0 saturated heterocycles. The molecule has 1 amide bonds. The highest BCUT2D eigenvalue weighted by atomic mass is 19.1. The minimum atomic E-state index is -1.22. The van der Waals surface area contributed by atoms with Crippen molar-refractivity contribution in [1.29, 1.82) is 0 Å². The van der Waals surface area contributed by atoms with Crippen LogP contribution in [0.3, 0.4) is 0 Å². The number of hydrogen-bond donors (Lipinski definition) is 1. The Hall–Kier alpha value is -2.17. The van der Waals surface area contributed by atoms with Gasteiger partial charge < -0.3 is 10.0 Å². The van der Waals surface area contributed by atoms with Gasteiger partial charge in [0.05, 0.1) is 11.1 Å². The molecular formula is C14H16FNO3. The SMILES string of the molecule is C=CCCCN(C)C(=O)c1ccc(C(=O)O)cc1F. The van der Waals surface area contributed by atoms with Gasteiger partial charge in [0.25, 0.3) is 5.91 Å². The summed E-state index contributed by atoms with van der Waals surface area (Å²) in [7, 11) is 1.58. The van der Waals surface area contributed by atoms with Crippen molar-refractivity contribution >= 4 is 11.9 Å². The first-order chi connectivity index (χ1) is 8.97. The number of carbonyl (C=O) groups excluding carboxylic acids is 1.